The van der Waals surface area contributed by atoms with Crippen LogP contribution in [0.3, 0.4) is 0 Å². The minimum absolute atomic E-state index is 0.0608. The second-order valence-corrected chi connectivity index (χ2v) is 5.88. The first kappa shape index (κ1) is 13.2. The van der Waals surface area contributed by atoms with Crippen LogP contribution < -0.4 is 5.32 Å². The lowest BCUT2D eigenvalue weighted by atomic mass is 10.1. The summed E-state index contributed by atoms with van der Waals surface area (Å²) in [6.07, 6.45) is 1.81. The maximum absolute atomic E-state index is 11.5. The molecule has 18 heavy (non-hydrogen) atoms. The zero-order valence-corrected chi connectivity index (χ0v) is 12.2. The van der Waals surface area contributed by atoms with Crippen LogP contribution in [0, 0.1) is 6.92 Å². The molecule has 96 valence electrons. The van der Waals surface area contributed by atoms with Crippen molar-refractivity contribution in [1.82, 2.24) is 9.36 Å². The van der Waals surface area contributed by atoms with Crippen molar-refractivity contribution in [2.45, 2.75) is 26.7 Å². The average Bonchev–Trinajstić information content (AvgIpc) is 2.94. The molecule has 0 aliphatic carbocycles. The van der Waals surface area contributed by atoms with Gasteiger partial charge in [-0.2, -0.15) is 4.37 Å². The Labute approximate surface area is 114 Å². The number of nitrogens with one attached hydrogen (secondary N) is 1. The molecule has 0 aromatic carbocycles. The number of aromatic nitrogens is 2. The number of carbonyl (C=O) groups is 1. The van der Waals surface area contributed by atoms with Gasteiger partial charge in [0.2, 0.25) is 0 Å². The smallest absolute Gasteiger partial charge is 0.164 e. The fraction of sp³-hybridized carbons (Fsp3) is 0.417. The van der Waals surface area contributed by atoms with Gasteiger partial charge in [0.15, 0.2) is 5.78 Å². The summed E-state index contributed by atoms with van der Waals surface area (Å²) in [4.78, 5) is 15.8. The van der Waals surface area contributed by atoms with Crippen LogP contribution >= 0.6 is 22.9 Å². The third-order valence-corrected chi connectivity index (χ3v) is 4.56. The maximum atomic E-state index is 11.5. The molecule has 1 unspecified atom stereocenters. The molecule has 0 bridgehead atoms. The van der Waals surface area contributed by atoms with E-state index in [9.17, 15) is 4.79 Å². The van der Waals surface area contributed by atoms with Gasteiger partial charge in [-0.15, -0.1) is 11.3 Å². The first-order valence-corrected chi connectivity index (χ1v) is 7.35. The van der Waals surface area contributed by atoms with Crippen molar-refractivity contribution in [3.63, 3.8) is 0 Å². The van der Waals surface area contributed by atoms with Crippen LogP contribution in [0.25, 0.3) is 0 Å². The molecule has 0 aliphatic heterocycles. The molecule has 2 rings (SSSR count). The van der Waals surface area contributed by atoms with Crippen LogP contribution in [-0.4, -0.2) is 21.7 Å². The van der Waals surface area contributed by atoms with Gasteiger partial charge in [0, 0.05) is 24.0 Å². The Hall–Kier alpha value is -1.27. The molecule has 0 fully saturated rings. The summed E-state index contributed by atoms with van der Waals surface area (Å²) in [6.45, 7) is 6.32. The predicted molar refractivity (Wildman–Crippen MR) is 75.9 cm³/mol. The number of hydrogen-bond acceptors (Lipinski definition) is 6. The van der Waals surface area contributed by atoms with E-state index in [2.05, 4.69) is 21.6 Å². The highest BCUT2D eigenvalue weighted by Gasteiger charge is 2.16. The minimum atomic E-state index is 0.0608. The topological polar surface area (TPSA) is 54.9 Å². The first-order valence-electron chi connectivity index (χ1n) is 5.70. The normalized spacial score (nSPS) is 12.4. The Morgan fingerprint density at radius 2 is 2.33 bits per heavy atom. The second kappa shape index (κ2) is 5.58. The quantitative estimate of drug-likeness (QED) is 0.854. The van der Waals surface area contributed by atoms with Crippen LogP contribution in [-0.2, 0) is 0 Å². The van der Waals surface area contributed by atoms with Crippen molar-refractivity contribution >= 4 is 33.7 Å². The van der Waals surface area contributed by atoms with E-state index >= 15 is 0 Å². The van der Waals surface area contributed by atoms with E-state index in [0.717, 1.165) is 22.2 Å². The van der Waals surface area contributed by atoms with Gasteiger partial charge in [-0.25, -0.2) is 4.98 Å². The number of hydrogen-bond donors (Lipinski definition) is 1. The van der Waals surface area contributed by atoms with E-state index in [0.29, 0.717) is 11.5 Å². The molecule has 0 saturated heterocycles. The molecule has 0 aliphatic rings. The summed E-state index contributed by atoms with van der Waals surface area (Å²) in [5.41, 5.74) is 1.52. The van der Waals surface area contributed by atoms with Crippen molar-refractivity contribution in [1.29, 1.82) is 0 Å². The van der Waals surface area contributed by atoms with Crippen molar-refractivity contribution in [2.75, 3.05) is 11.9 Å². The monoisotopic (exact) mass is 281 g/mol. The SMILES string of the molecule is CC(=O)c1c(C)nsc1NCC(C)c1nccs1. The van der Waals surface area contributed by atoms with Crippen LogP contribution in [0.4, 0.5) is 5.00 Å². The molecule has 1 N–H and O–H groups in total. The molecular formula is C12H15N3OS2. The second-order valence-electron chi connectivity index (χ2n) is 4.18. The molecule has 6 heteroatoms. The van der Waals surface area contributed by atoms with Gasteiger partial charge in [0.05, 0.1) is 16.3 Å². The highest BCUT2D eigenvalue weighted by Crippen LogP contribution is 2.26. The van der Waals surface area contributed by atoms with E-state index in [1.807, 2.05) is 18.5 Å². The third-order valence-electron chi connectivity index (χ3n) is 2.66. The molecule has 0 spiro atoms. The van der Waals surface area contributed by atoms with Gasteiger partial charge >= 0.3 is 0 Å². The molecule has 0 radical (unpaired) electrons. The summed E-state index contributed by atoms with van der Waals surface area (Å²) in [6, 6.07) is 0. The molecule has 2 aromatic heterocycles. The number of ketones is 1. The van der Waals surface area contributed by atoms with E-state index in [1.165, 1.54) is 11.5 Å². The van der Waals surface area contributed by atoms with Crippen molar-refractivity contribution in [3.05, 3.63) is 27.8 Å². The summed E-state index contributed by atoms with van der Waals surface area (Å²) in [5.74, 6) is 0.387. The third kappa shape index (κ3) is 2.76. The van der Waals surface area contributed by atoms with Gasteiger partial charge in [0.25, 0.3) is 0 Å². The highest BCUT2D eigenvalue weighted by molar-refractivity contribution is 7.10. The summed E-state index contributed by atoms with van der Waals surface area (Å²) in [5, 5.41) is 7.25. The molecule has 2 aromatic rings. The predicted octanol–water partition coefficient (Wildman–Crippen LogP) is 3.33. The lowest BCUT2D eigenvalue weighted by Crippen LogP contribution is -2.10. The maximum Gasteiger partial charge on any atom is 0.164 e. The Morgan fingerprint density at radius 3 is 2.94 bits per heavy atom. The van der Waals surface area contributed by atoms with E-state index in [1.54, 1.807) is 18.3 Å². The molecule has 0 saturated carbocycles. The summed E-state index contributed by atoms with van der Waals surface area (Å²) < 4.78 is 4.22. The Kier molecular flexibility index (Phi) is 4.08. The number of carbonyl (C=O) groups excluding carboxylic acids is 1. The number of anilines is 1. The van der Waals surface area contributed by atoms with E-state index in [-0.39, 0.29) is 5.78 Å². The van der Waals surface area contributed by atoms with E-state index < -0.39 is 0 Å². The molecule has 0 amide bonds. The number of rotatable bonds is 5. The summed E-state index contributed by atoms with van der Waals surface area (Å²) in [7, 11) is 0. The van der Waals surface area contributed by atoms with Crippen LogP contribution in [0.5, 0.6) is 0 Å². The zero-order chi connectivity index (χ0) is 13.1. The Balaban J connectivity index is 2.05. The fourth-order valence-electron chi connectivity index (χ4n) is 1.72. The lowest BCUT2D eigenvalue weighted by molar-refractivity contribution is 0.101. The fourth-order valence-corrected chi connectivity index (χ4v) is 3.26. The van der Waals surface area contributed by atoms with Gasteiger partial charge in [-0.1, -0.05) is 6.92 Å². The van der Waals surface area contributed by atoms with Gasteiger partial charge in [-0.05, 0) is 25.4 Å². The largest absolute Gasteiger partial charge is 0.374 e. The zero-order valence-electron chi connectivity index (χ0n) is 10.6. The molecule has 1 atom stereocenters. The van der Waals surface area contributed by atoms with Gasteiger partial charge < -0.3 is 5.32 Å². The standard InChI is InChI=1S/C12H15N3OS2/c1-7(11-13-4-5-17-11)6-14-12-10(9(3)16)8(2)15-18-12/h4-5,7,14H,6H2,1-3H3. The molecule has 4 nitrogen and oxygen atoms in total. The molecular weight excluding hydrogens is 266 g/mol. The summed E-state index contributed by atoms with van der Waals surface area (Å²) >= 11 is 3.00. The van der Waals surface area contributed by atoms with Gasteiger partial charge in [0.1, 0.15) is 5.00 Å². The van der Waals surface area contributed by atoms with E-state index in [4.69, 9.17) is 0 Å². The number of Topliss-reactive ketones (excluding diaryl/α,β-unsaturated/α-hetero) is 1. The lowest BCUT2D eigenvalue weighted by Gasteiger charge is -2.10. The number of nitrogens with zero attached hydrogens (tertiary/aromatic N) is 2. The first-order chi connectivity index (χ1) is 8.59. The Morgan fingerprint density at radius 1 is 1.56 bits per heavy atom. The van der Waals surface area contributed by atoms with Crippen molar-refractivity contribution in [2.24, 2.45) is 0 Å². The minimum Gasteiger partial charge on any atom is -0.374 e. The number of aryl methyl sites for hydroxylation is 1. The van der Waals surface area contributed by atoms with Crippen LogP contribution in [0.2, 0.25) is 0 Å². The van der Waals surface area contributed by atoms with Gasteiger partial charge in [-0.3, -0.25) is 4.79 Å². The Bertz CT molecular complexity index is 534. The van der Waals surface area contributed by atoms with Crippen molar-refractivity contribution < 1.29 is 4.79 Å². The van der Waals surface area contributed by atoms with Crippen molar-refractivity contribution in [3.8, 4) is 0 Å². The molecule has 2 heterocycles. The van der Waals surface area contributed by atoms with Crippen LogP contribution in [0.1, 0.15) is 40.8 Å². The highest BCUT2D eigenvalue weighted by atomic mass is 32.1. The van der Waals surface area contributed by atoms with Crippen LogP contribution in [0.15, 0.2) is 11.6 Å². The number of thiazole rings is 1. The average molecular weight is 281 g/mol.